The van der Waals surface area contributed by atoms with E-state index >= 15 is 0 Å². The first-order chi connectivity index (χ1) is 7.27. The van der Waals surface area contributed by atoms with Crippen molar-refractivity contribution < 1.29 is 7.94 Å². The molecule has 0 aromatic rings. The summed E-state index contributed by atoms with van der Waals surface area (Å²) in [5, 5.41) is 0. The lowest BCUT2D eigenvalue weighted by atomic mass is 10.1. The summed E-state index contributed by atoms with van der Waals surface area (Å²) in [6.07, 6.45) is 12.0. The van der Waals surface area contributed by atoms with Crippen LogP contribution >= 0.6 is 11.9 Å². The van der Waals surface area contributed by atoms with Crippen molar-refractivity contribution in [1.29, 1.82) is 0 Å². The topological polar surface area (TPSA) is 26.3 Å². The monoisotopic (exact) mass is 246 g/mol. The molecular weight excluding hydrogens is 232 g/mol. The number of unbranched alkanes of at least 4 members (excludes halogenated alkanes) is 1. The van der Waals surface area contributed by atoms with Gasteiger partial charge in [0, 0.05) is 0 Å². The van der Waals surface area contributed by atoms with E-state index in [2.05, 4.69) is 16.7 Å². The molecule has 0 spiro atoms. The van der Waals surface area contributed by atoms with Gasteiger partial charge in [-0.2, -0.15) is 3.74 Å². The molecule has 0 saturated heterocycles. The quantitative estimate of drug-likeness (QED) is 0.738. The number of rotatable bonds is 5. The Balaban J connectivity index is 2.59. The molecule has 84 valence electrons. The van der Waals surface area contributed by atoms with Gasteiger partial charge in [-0.1, -0.05) is 37.1 Å². The molecule has 0 bridgehead atoms. The molecule has 1 aliphatic carbocycles. The second-order valence-corrected chi connectivity index (χ2v) is 4.80. The van der Waals surface area contributed by atoms with Crippen molar-refractivity contribution in [1.82, 2.24) is 0 Å². The molecule has 4 heteroatoms. The second kappa shape index (κ2) is 6.99. The summed E-state index contributed by atoms with van der Waals surface area (Å²) in [7, 11) is 0. The molecule has 0 radical (unpaired) electrons. The Hall–Kier alpha value is -0.380. The highest BCUT2D eigenvalue weighted by atomic mass is 35.5. The number of halogens is 1. The minimum absolute atomic E-state index is 0.632. The zero-order valence-corrected chi connectivity index (χ0v) is 10.3. The van der Waals surface area contributed by atoms with Gasteiger partial charge in [-0.15, -0.1) is 0 Å². The summed E-state index contributed by atoms with van der Waals surface area (Å²) in [4.78, 5) is 0.632. The maximum atomic E-state index is 11.3. The highest BCUT2D eigenvalue weighted by Crippen LogP contribution is 2.18. The summed E-state index contributed by atoms with van der Waals surface area (Å²) >= 11 is 3.53. The molecule has 0 aliphatic heterocycles. The number of hydrogen-bond acceptors (Lipinski definition) is 2. The van der Waals surface area contributed by atoms with Crippen LogP contribution in [-0.2, 0) is 14.8 Å². The lowest BCUT2D eigenvalue weighted by Gasteiger charge is -1.98. The molecule has 15 heavy (non-hydrogen) atoms. The standard InChI is InChI=1S/C11H15ClO2S/c1-2-3-5-10-6-4-7-11(9-8-10)15(13)14-12/h6-9H,2-5H2,1H3. The van der Waals surface area contributed by atoms with Gasteiger partial charge < -0.3 is 0 Å². The van der Waals surface area contributed by atoms with Crippen molar-refractivity contribution in [2.75, 3.05) is 0 Å². The molecular formula is C11H15ClO2S. The molecule has 0 amide bonds. The van der Waals surface area contributed by atoms with Crippen molar-refractivity contribution in [3.63, 3.8) is 0 Å². The molecule has 1 aliphatic rings. The van der Waals surface area contributed by atoms with Gasteiger partial charge in [0.1, 0.15) is 0 Å². The Morgan fingerprint density at radius 1 is 1.47 bits per heavy atom. The highest BCUT2D eigenvalue weighted by molar-refractivity contribution is 7.85. The van der Waals surface area contributed by atoms with Crippen LogP contribution < -0.4 is 0 Å². The smallest absolute Gasteiger partial charge is 0.206 e. The fourth-order valence-electron chi connectivity index (χ4n) is 1.38. The van der Waals surface area contributed by atoms with Crippen molar-refractivity contribution in [3.05, 3.63) is 34.8 Å². The van der Waals surface area contributed by atoms with E-state index in [0.29, 0.717) is 4.91 Å². The van der Waals surface area contributed by atoms with Gasteiger partial charge in [0.15, 0.2) is 0 Å². The van der Waals surface area contributed by atoms with Crippen LogP contribution in [0.2, 0.25) is 0 Å². The first-order valence-corrected chi connectivity index (χ1v) is 6.44. The summed E-state index contributed by atoms with van der Waals surface area (Å²) in [5.41, 5.74) is 1.29. The lowest BCUT2D eigenvalue weighted by molar-refractivity contribution is 0.605. The van der Waals surface area contributed by atoms with Crippen LogP contribution in [0.1, 0.15) is 32.6 Å². The highest BCUT2D eigenvalue weighted by Gasteiger charge is 2.06. The van der Waals surface area contributed by atoms with E-state index in [-0.39, 0.29) is 0 Å². The molecule has 1 unspecified atom stereocenters. The SMILES string of the molecule is CCCCC1=CCC=C(S(=O)OCl)C=C1. The fraction of sp³-hybridized carbons (Fsp3) is 0.455. The van der Waals surface area contributed by atoms with Crippen molar-refractivity contribution in [2.24, 2.45) is 0 Å². The van der Waals surface area contributed by atoms with Crippen LogP contribution in [0.5, 0.6) is 0 Å². The molecule has 1 atom stereocenters. The van der Waals surface area contributed by atoms with Gasteiger partial charge in [-0.25, -0.2) is 4.21 Å². The van der Waals surface area contributed by atoms with E-state index in [0.717, 1.165) is 12.8 Å². The van der Waals surface area contributed by atoms with E-state index in [1.807, 2.05) is 18.2 Å². The fourth-order valence-corrected chi connectivity index (χ4v) is 2.08. The van der Waals surface area contributed by atoms with Crippen LogP contribution in [-0.4, -0.2) is 4.21 Å². The van der Waals surface area contributed by atoms with Crippen molar-refractivity contribution in [2.45, 2.75) is 32.6 Å². The van der Waals surface area contributed by atoms with Gasteiger partial charge in [0.25, 0.3) is 0 Å². The van der Waals surface area contributed by atoms with E-state index in [4.69, 9.17) is 11.9 Å². The van der Waals surface area contributed by atoms with Gasteiger partial charge in [0.2, 0.25) is 11.1 Å². The number of hydrogen-bond donors (Lipinski definition) is 0. The van der Waals surface area contributed by atoms with Gasteiger partial charge in [-0.3, -0.25) is 0 Å². The third-order valence-electron chi connectivity index (χ3n) is 2.23. The Bertz CT molecular complexity index is 319. The Kier molecular flexibility index (Phi) is 5.91. The number of allylic oxidation sites excluding steroid dienone is 5. The minimum Gasteiger partial charge on any atom is -0.223 e. The van der Waals surface area contributed by atoms with Crippen molar-refractivity contribution >= 4 is 22.9 Å². The molecule has 1 rings (SSSR count). The molecule has 0 fully saturated rings. The summed E-state index contributed by atoms with van der Waals surface area (Å²) in [5.74, 6) is 0. The molecule has 0 N–H and O–H groups in total. The van der Waals surface area contributed by atoms with Crippen molar-refractivity contribution in [3.8, 4) is 0 Å². The van der Waals surface area contributed by atoms with E-state index in [1.54, 1.807) is 0 Å². The summed E-state index contributed by atoms with van der Waals surface area (Å²) < 4.78 is 15.5. The first kappa shape index (κ1) is 12.7. The second-order valence-electron chi connectivity index (χ2n) is 3.36. The largest absolute Gasteiger partial charge is 0.223 e. The van der Waals surface area contributed by atoms with E-state index in [1.165, 1.54) is 18.4 Å². The molecule has 0 saturated carbocycles. The molecule has 0 aromatic carbocycles. The van der Waals surface area contributed by atoms with E-state index in [9.17, 15) is 4.21 Å². The third-order valence-corrected chi connectivity index (χ3v) is 3.37. The average molecular weight is 247 g/mol. The summed E-state index contributed by atoms with van der Waals surface area (Å²) in [6, 6.07) is 0. The molecule has 2 nitrogen and oxygen atoms in total. The normalized spacial score (nSPS) is 18.0. The molecule has 0 aromatic heterocycles. The summed E-state index contributed by atoms with van der Waals surface area (Å²) in [6.45, 7) is 2.17. The Morgan fingerprint density at radius 3 is 2.93 bits per heavy atom. The average Bonchev–Trinajstić information content (AvgIpc) is 2.50. The predicted molar refractivity (Wildman–Crippen MR) is 64.5 cm³/mol. The van der Waals surface area contributed by atoms with Gasteiger partial charge in [-0.05, 0) is 25.3 Å². The maximum absolute atomic E-state index is 11.3. The van der Waals surface area contributed by atoms with Crippen LogP contribution in [0.4, 0.5) is 0 Å². The zero-order chi connectivity index (χ0) is 11.1. The molecule has 0 heterocycles. The van der Waals surface area contributed by atoms with E-state index < -0.39 is 11.1 Å². The Labute approximate surface area is 98.5 Å². The van der Waals surface area contributed by atoms with Crippen LogP contribution in [0.15, 0.2) is 34.8 Å². The van der Waals surface area contributed by atoms with Gasteiger partial charge in [0.05, 0.1) is 16.8 Å². The van der Waals surface area contributed by atoms with Crippen LogP contribution in [0.3, 0.4) is 0 Å². The van der Waals surface area contributed by atoms with Gasteiger partial charge >= 0.3 is 0 Å². The van der Waals surface area contributed by atoms with Crippen LogP contribution in [0, 0.1) is 0 Å². The predicted octanol–water partition coefficient (Wildman–Crippen LogP) is 3.78. The zero-order valence-electron chi connectivity index (χ0n) is 8.74. The Morgan fingerprint density at radius 2 is 2.27 bits per heavy atom. The third kappa shape index (κ3) is 4.33. The minimum atomic E-state index is -1.54. The van der Waals surface area contributed by atoms with Crippen LogP contribution in [0.25, 0.3) is 0 Å². The first-order valence-electron chi connectivity index (χ1n) is 5.06. The maximum Gasteiger partial charge on any atom is 0.206 e. The lowest BCUT2D eigenvalue weighted by Crippen LogP contribution is -1.90.